The molecule has 8 nitrogen and oxygen atoms in total. The first kappa shape index (κ1) is 21.1. The van der Waals surface area contributed by atoms with Crippen molar-refractivity contribution >= 4 is 16.9 Å². The van der Waals surface area contributed by atoms with Gasteiger partial charge in [0.15, 0.2) is 5.65 Å². The molecule has 33 heavy (non-hydrogen) atoms. The van der Waals surface area contributed by atoms with Crippen LogP contribution in [0.5, 0.6) is 11.5 Å². The van der Waals surface area contributed by atoms with E-state index in [1.165, 1.54) is 12.1 Å². The lowest BCUT2D eigenvalue weighted by molar-refractivity contribution is 0.200. The molecule has 0 N–H and O–H groups in total. The zero-order chi connectivity index (χ0) is 22.6. The summed E-state index contributed by atoms with van der Waals surface area (Å²) in [6.45, 7) is 5.05. The van der Waals surface area contributed by atoms with Gasteiger partial charge in [0.25, 0.3) is 0 Å². The Balaban J connectivity index is 1.20. The molecule has 1 fully saturated rings. The number of methoxy groups -OCH3 is 1. The quantitative estimate of drug-likeness (QED) is 0.430. The predicted octanol–water partition coefficient (Wildman–Crippen LogP) is 3.16. The van der Waals surface area contributed by atoms with Crippen molar-refractivity contribution in [1.82, 2.24) is 24.6 Å². The molecule has 1 aliphatic rings. The van der Waals surface area contributed by atoms with Gasteiger partial charge in [-0.25, -0.2) is 19.0 Å². The molecular weight excluding hydrogens is 423 g/mol. The number of fused-ring (bicyclic) bond motifs is 1. The summed E-state index contributed by atoms with van der Waals surface area (Å²) >= 11 is 0. The predicted molar refractivity (Wildman–Crippen MR) is 124 cm³/mol. The van der Waals surface area contributed by atoms with E-state index >= 15 is 0 Å². The number of hydrogen-bond donors (Lipinski definition) is 0. The van der Waals surface area contributed by atoms with Crippen molar-refractivity contribution in [2.24, 2.45) is 0 Å². The monoisotopic (exact) mass is 448 g/mol. The highest BCUT2D eigenvalue weighted by molar-refractivity contribution is 5.87. The van der Waals surface area contributed by atoms with Gasteiger partial charge in [0.05, 0.1) is 24.4 Å². The number of piperazine rings is 1. The first-order valence-corrected chi connectivity index (χ1v) is 10.9. The summed E-state index contributed by atoms with van der Waals surface area (Å²) in [5.74, 6) is 2.26. The van der Waals surface area contributed by atoms with Crippen molar-refractivity contribution in [3.63, 3.8) is 0 Å². The lowest BCUT2D eigenvalue weighted by Gasteiger charge is -2.35. The highest BCUT2D eigenvalue weighted by Crippen LogP contribution is 2.25. The van der Waals surface area contributed by atoms with E-state index < -0.39 is 0 Å². The Morgan fingerprint density at radius 2 is 1.64 bits per heavy atom. The maximum Gasteiger partial charge on any atom is 0.168 e. The van der Waals surface area contributed by atoms with Crippen LogP contribution in [-0.4, -0.2) is 71.1 Å². The van der Waals surface area contributed by atoms with Crippen LogP contribution in [0.15, 0.2) is 61.1 Å². The summed E-state index contributed by atoms with van der Waals surface area (Å²) in [7, 11) is 1.65. The summed E-state index contributed by atoms with van der Waals surface area (Å²) in [4.78, 5) is 13.6. The van der Waals surface area contributed by atoms with Crippen LogP contribution in [0, 0.1) is 5.82 Å². The Labute approximate surface area is 191 Å². The van der Waals surface area contributed by atoms with Crippen molar-refractivity contribution in [2.45, 2.75) is 0 Å². The molecule has 170 valence electrons. The van der Waals surface area contributed by atoms with Gasteiger partial charge in [0, 0.05) is 32.7 Å². The van der Waals surface area contributed by atoms with E-state index in [1.807, 2.05) is 24.3 Å². The molecule has 1 saturated heterocycles. The number of ether oxygens (including phenoxy) is 2. The van der Waals surface area contributed by atoms with E-state index in [2.05, 4.69) is 24.9 Å². The van der Waals surface area contributed by atoms with Crippen molar-refractivity contribution in [3.8, 4) is 17.2 Å². The molecule has 0 atom stereocenters. The van der Waals surface area contributed by atoms with E-state index in [0.717, 1.165) is 61.1 Å². The third kappa shape index (κ3) is 4.58. The minimum atomic E-state index is -0.280. The zero-order valence-corrected chi connectivity index (χ0v) is 18.4. The molecule has 4 aromatic rings. The number of hydrogen-bond acceptors (Lipinski definition) is 7. The molecule has 9 heteroatoms. The summed E-state index contributed by atoms with van der Waals surface area (Å²) in [6.07, 6.45) is 3.34. The molecule has 0 saturated carbocycles. The second kappa shape index (κ2) is 9.41. The lowest BCUT2D eigenvalue weighted by atomic mass is 10.2. The molecule has 0 radical (unpaired) electrons. The van der Waals surface area contributed by atoms with Gasteiger partial charge in [-0.05, 0) is 48.5 Å². The molecule has 2 aromatic heterocycles. The van der Waals surface area contributed by atoms with Gasteiger partial charge in [0.1, 0.15) is 36.1 Å². The smallest absolute Gasteiger partial charge is 0.168 e. The molecule has 0 spiro atoms. The largest absolute Gasteiger partial charge is 0.497 e. The molecular formula is C24H25FN6O2. The molecule has 1 aliphatic heterocycles. The van der Waals surface area contributed by atoms with Gasteiger partial charge in [-0.2, -0.15) is 5.10 Å². The molecule has 0 unspecified atom stereocenters. The van der Waals surface area contributed by atoms with Crippen molar-refractivity contribution in [2.75, 3.05) is 51.3 Å². The molecule has 0 aliphatic carbocycles. The van der Waals surface area contributed by atoms with Gasteiger partial charge in [0.2, 0.25) is 0 Å². The number of aromatic nitrogens is 4. The summed E-state index contributed by atoms with van der Waals surface area (Å²) in [5, 5.41) is 5.36. The lowest BCUT2D eigenvalue weighted by Crippen LogP contribution is -2.47. The Hall–Kier alpha value is -3.72. The summed E-state index contributed by atoms with van der Waals surface area (Å²) in [5.41, 5.74) is 1.47. The summed E-state index contributed by atoms with van der Waals surface area (Å²) in [6, 6.07) is 13.9. The number of rotatable bonds is 7. The Kier molecular flexibility index (Phi) is 6.03. The first-order valence-electron chi connectivity index (χ1n) is 10.9. The molecule has 0 amide bonds. The van der Waals surface area contributed by atoms with Gasteiger partial charge in [-0.1, -0.05) is 0 Å². The minimum absolute atomic E-state index is 0.280. The number of nitrogens with zero attached hydrogens (tertiary/aromatic N) is 6. The maximum atomic E-state index is 13.3. The zero-order valence-electron chi connectivity index (χ0n) is 18.4. The van der Waals surface area contributed by atoms with E-state index in [4.69, 9.17) is 9.47 Å². The normalized spacial score (nSPS) is 14.5. The van der Waals surface area contributed by atoms with Crippen LogP contribution in [0.4, 0.5) is 10.2 Å². The maximum absolute atomic E-state index is 13.3. The SMILES string of the molecule is COc1ccc(OCCN2CCN(c3ncnc4c3cnn4-c3ccc(F)cc3)CC2)cc1. The Morgan fingerprint density at radius 3 is 2.36 bits per heavy atom. The fraction of sp³-hybridized carbons (Fsp3) is 0.292. The van der Waals surface area contributed by atoms with Crippen molar-refractivity contribution in [3.05, 3.63) is 66.9 Å². The number of anilines is 1. The fourth-order valence-corrected chi connectivity index (χ4v) is 4.00. The van der Waals surface area contributed by atoms with Crippen LogP contribution in [0.2, 0.25) is 0 Å². The van der Waals surface area contributed by atoms with E-state index in [1.54, 1.807) is 36.4 Å². The van der Waals surface area contributed by atoms with Crippen molar-refractivity contribution in [1.29, 1.82) is 0 Å². The van der Waals surface area contributed by atoms with Crippen LogP contribution in [-0.2, 0) is 0 Å². The van der Waals surface area contributed by atoms with Crippen LogP contribution in [0.3, 0.4) is 0 Å². The third-order valence-electron chi connectivity index (χ3n) is 5.82. The van der Waals surface area contributed by atoms with Crippen molar-refractivity contribution < 1.29 is 13.9 Å². The van der Waals surface area contributed by atoms with Crippen LogP contribution < -0.4 is 14.4 Å². The molecule has 2 aromatic carbocycles. The van der Waals surface area contributed by atoms with Gasteiger partial charge in [-0.15, -0.1) is 0 Å². The highest BCUT2D eigenvalue weighted by atomic mass is 19.1. The number of benzene rings is 2. The summed E-state index contributed by atoms with van der Waals surface area (Å²) < 4.78 is 26.0. The minimum Gasteiger partial charge on any atom is -0.497 e. The second-order valence-corrected chi connectivity index (χ2v) is 7.82. The Morgan fingerprint density at radius 1 is 0.909 bits per heavy atom. The van der Waals surface area contributed by atoms with Gasteiger partial charge in [-0.3, -0.25) is 4.90 Å². The van der Waals surface area contributed by atoms with Gasteiger partial charge >= 0.3 is 0 Å². The molecule has 5 rings (SSSR count). The average Bonchev–Trinajstić information content (AvgIpc) is 3.30. The first-order chi connectivity index (χ1) is 16.2. The van der Waals surface area contributed by atoms with Gasteiger partial charge < -0.3 is 14.4 Å². The fourth-order valence-electron chi connectivity index (χ4n) is 4.00. The van der Waals surface area contributed by atoms with Crippen LogP contribution >= 0.6 is 0 Å². The molecule has 0 bridgehead atoms. The third-order valence-corrected chi connectivity index (χ3v) is 5.82. The van der Waals surface area contributed by atoms with Crippen LogP contribution in [0.25, 0.3) is 16.7 Å². The Bertz CT molecular complexity index is 1200. The van der Waals surface area contributed by atoms with E-state index in [-0.39, 0.29) is 5.82 Å². The molecule has 3 heterocycles. The topological polar surface area (TPSA) is 68.5 Å². The van der Waals surface area contributed by atoms with E-state index in [0.29, 0.717) is 12.3 Å². The van der Waals surface area contributed by atoms with Crippen LogP contribution in [0.1, 0.15) is 0 Å². The second-order valence-electron chi connectivity index (χ2n) is 7.82. The highest BCUT2D eigenvalue weighted by Gasteiger charge is 2.21. The number of halogens is 1. The standard InChI is InChI=1S/C24H25FN6O2/c1-32-20-6-8-21(9-7-20)33-15-14-29-10-12-30(13-11-29)23-22-16-28-31(24(22)27-17-26-23)19-4-2-18(25)3-5-19/h2-9,16-17H,10-15H2,1H3. The average molecular weight is 449 g/mol. The van der Waals surface area contributed by atoms with E-state index in [9.17, 15) is 4.39 Å².